The smallest absolute Gasteiger partial charge is 0.257 e. The molecule has 19 heavy (non-hydrogen) atoms. The fourth-order valence-corrected chi connectivity index (χ4v) is 1.71. The van der Waals surface area contributed by atoms with Gasteiger partial charge in [0.05, 0.1) is 35.3 Å². The van der Waals surface area contributed by atoms with Crippen molar-refractivity contribution in [2.75, 3.05) is 18.2 Å². The van der Waals surface area contributed by atoms with E-state index in [1.165, 1.54) is 13.3 Å². The number of rotatable bonds is 3. The Morgan fingerprint density at radius 2 is 2.16 bits per heavy atom. The van der Waals surface area contributed by atoms with Gasteiger partial charge in [-0.05, 0) is 18.2 Å². The number of nitrogens with one attached hydrogen (secondary N) is 1. The number of anilines is 2. The number of nitrogens with zero attached hydrogens (tertiary/aromatic N) is 1. The molecule has 0 fully saturated rings. The van der Waals surface area contributed by atoms with E-state index < -0.39 is 0 Å². The molecule has 1 amide bonds. The van der Waals surface area contributed by atoms with Gasteiger partial charge in [0, 0.05) is 6.07 Å². The predicted octanol–water partition coefficient (Wildman–Crippen LogP) is 2.58. The summed E-state index contributed by atoms with van der Waals surface area (Å²) in [6.45, 7) is 0. The van der Waals surface area contributed by atoms with Gasteiger partial charge in [0.1, 0.15) is 0 Å². The zero-order valence-corrected chi connectivity index (χ0v) is 10.9. The van der Waals surface area contributed by atoms with Crippen molar-refractivity contribution in [3.05, 3.63) is 47.1 Å². The Morgan fingerprint density at radius 3 is 2.79 bits per heavy atom. The number of nitrogens with two attached hydrogens (primary N) is 1. The van der Waals surface area contributed by atoms with Gasteiger partial charge in [-0.15, -0.1) is 0 Å². The van der Waals surface area contributed by atoms with E-state index in [0.29, 0.717) is 22.8 Å². The summed E-state index contributed by atoms with van der Waals surface area (Å²) in [4.78, 5) is 16.0. The van der Waals surface area contributed by atoms with E-state index in [0.717, 1.165) is 0 Å². The number of carbonyl (C=O) groups is 1. The van der Waals surface area contributed by atoms with E-state index in [1.807, 2.05) is 0 Å². The van der Waals surface area contributed by atoms with E-state index in [-0.39, 0.29) is 10.9 Å². The van der Waals surface area contributed by atoms with Crippen LogP contribution in [0.3, 0.4) is 0 Å². The van der Waals surface area contributed by atoms with E-state index in [4.69, 9.17) is 22.1 Å². The number of benzene rings is 1. The zero-order chi connectivity index (χ0) is 13.8. The van der Waals surface area contributed by atoms with Gasteiger partial charge >= 0.3 is 0 Å². The molecule has 0 unspecified atom stereocenters. The van der Waals surface area contributed by atoms with Crippen LogP contribution >= 0.6 is 11.6 Å². The molecule has 5 nitrogen and oxygen atoms in total. The van der Waals surface area contributed by atoms with Crippen LogP contribution in [-0.4, -0.2) is 18.0 Å². The van der Waals surface area contributed by atoms with E-state index >= 15 is 0 Å². The Labute approximate surface area is 115 Å². The Kier molecular flexibility index (Phi) is 3.87. The van der Waals surface area contributed by atoms with E-state index in [9.17, 15) is 4.79 Å². The lowest BCUT2D eigenvalue weighted by Crippen LogP contribution is -2.13. The minimum atomic E-state index is -0.343. The third-order valence-electron chi connectivity index (χ3n) is 2.48. The van der Waals surface area contributed by atoms with Crippen LogP contribution in [0.1, 0.15) is 10.4 Å². The Bertz CT molecular complexity index is 599. The summed E-state index contributed by atoms with van der Waals surface area (Å²) in [6.07, 6.45) is 1.50. The third kappa shape index (κ3) is 2.95. The number of nitrogen functional groups attached to an aromatic ring is 1. The monoisotopic (exact) mass is 277 g/mol. The van der Waals surface area contributed by atoms with Crippen molar-refractivity contribution < 1.29 is 9.53 Å². The van der Waals surface area contributed by atoms with Crippen LogP contribution in [0.2, 0.25) is 5.02 Å². The second-order valence-electron chi connectivity index (χ2n) is 3.75. The first-order valence-electron chi connectivity index (χ1n) is 5.47. The van der Waals surface area contributed by atoms with E-state index in [1.54, 1.807) is 30.3 Å². The second-order valence-corrected chi connectivity index (χ2v) is 4.13. The molecule has 0 saturated carbocycles. The first-order valence-corrected chi connectivity index (χ1v) is 5.85. The molecule has 1 aromatic heterocycles. The molecule has 3 N–H and O–H groups in total. The molecule has 2 aromatic rings. The molecule has 0 aliphatic heterocycles. The molecule has 1 aromatic carbocycles. The standard InChI is InChI=1S/C13H12ClN3O2/c1-19-11-6-5-8(7-16-11)17-13(18)9-3-2-4-10(15)12(9)14/h2-7H,15H2,1H3,(H,17,18). The van der Waals surface area contributed by atoms with Gasteiger partial charge in [-0.1, -0.05) is 17.7 Å². The van der Waals surface area contributed by atoms with Crippen LogP contribution in [0.15, 0.2) is 36.5 Å². The highest BCUT2D eigenvalue weighted by Gasteiger charge is 2.12. The SMILES string of the molecule is COc1ccc(NC(=O)c2cccc(N)c2Cl)cn1. The molecule has 0 spiro atoms. The molecule has 0 bridgehead atoms. The molecule has 0 aliphatic rings. The number of aromatic nitrogens is 1. The summed E-state index contributed by atoms with van der Waals surface area (Å²) >= 11 is 5.98. The van der Waals surface area contributed by atoms with Crippen molar-refractivity contribution >= 4 is 28.9 Å². The highest BCUT2D eigenvalue weighted by atomic mass is 35.5. The maximum atomic E-state index is 12.0. The fraction of sp³-hybridized carbons (Fsp3) is 0.0769. The molecule has 6 heteroatoms. The summed E-state index contributed by atoms with van der Waals surface area (Å²) in [5.41, 5.74) is 6.87. The second kappa shape index (κ2) is 5.58. The summed E-state index contributed by atoms with van der Waals surface area (Å²) < 4.78 is 4.93. The van der Waals surface area contributed by atoms with Crippen LogP contribution in [-0.2, 0) is 0 Å². The molecule has 2 rings (SSSR count). The molecule has 1 heterocycles. The maximum Gasteiger partial charge on any atom is 0.257 e. The average Bonchev–Trinajstić information content (AvgIpc) is 2.42. The van der Waals surface area contributed by atoms with Gasteiger partial charge in [0.15, 0.2) is 0 Å². The highest BCUT2D eigenvalue weighted by molar-refractivity contribution is 6.36. The summed E-state index contributed by atoms with van der Waals surface area (Å²) in [5.74, 6) is 0.129. The minimum absolute atomic E-state index is 0.237. The molecule has 0 radical (unpaired) electrons. The lowest BCUT2D eigenvalue weighted by Gasteiger charge is -2.08. The molecule has 0 saturated heterocycles. The molecular weight excluding hydrogens is 266 g/mol. The van der Waals surface area contributed by atoms with Gasteiger partial charge in [0.25, 0.3) is 5.91 Å². The highest BCUT2D eigenvalue weighted by Crippen LogP contribution is 2.24. The molecule has 0 atom stereocenters. The lowest BCUT2D eigenvalue weighted by atomic mass is 10.2. The summed E-state index contributed by atoms with van der Waals surface area (Å²) in [6, 6.07) is 8.24. The number of pyridine rings is 1. The largest absolute Gasteiger partial charge is 0.481 e. The minimum Gasteiger partial charge on any atom is -0.481 e. The normalized spacial score (nSPS) is 10.0. The van der Waals surface area contributed by atoms with Crippen LogP contribution in [0.4, 0.5) is 11.4 Å². The quantitative estimate of drug-likeness (QED) is 0.846. The van der Waals surface area contributed by atoms with Crippen molar-refractivity contribution in [1.29, 1.82) is 0 Å². The number of hydrogen-bond acceptors (Lipinski definition) is 4. The number of hydrogen-bond donors (Lipinski definition) is 2. The topological polar surface area (TPSA) is 77.2 Å². The molecular formula is C13H12ClN3O2. The summed E-state index contributed by atoms with van der Waals surface area (Å²) in [7, 11) is 1.52. The van der Waals surface area contributed by atoms with Gasteiger partial charge in [0.2, 0.25) is 5.88 Å². The maximum absolute atomic E-state index is 12.0. The van der Waals surface area contributed by atoms with Gasteiger partial charge < -0.3 is 15.8 Å². The Morgan fingerprint density at radius 1 is 1.37 bits per heavy atom. The summed E-state index contributed by atoms with van der Waals surface area (Å²) in [5, 5.41) is 2.92. The first-order chi connectivity index (χ1) is 9.11. The number of carbonyl (C=O) groups excluding carboxylic acids is 1. The zero-order valence-electron chi connectivity index (χ0n) is 10.2. The van der Waals surface area contributed by atoms with Crippen molar-refractivity contribution in [3.63, 3.8) is 0 Å². The Balaban J connectivity index is 2.18. The van der Waals surface area contributed by atoms with Crippen LogP contribution in [0.25, 0.3) is 0 Å². The number of methoxy groups -OCH3 is 1. The van der Waals surface area contributed by atoms with Gasteiger partial charge in [-0.2, -0.15) is 0 Å². The van der Waals surface area contributed by atoms with Crippen molar-refractivity contribution in [2.45, 2.75) is 0 Å². The fourth-order valence-electron chi connectivity index (χ4n) is 1.50. The van der Waals surface area contributed by atoms with Crippen LogP contribution < -0.4 is 15.8 Å². The van der Waals surface area contributed by atoms with Crippen LogP contribution in [0, 0.1) is 0 Å². The van der Waals surface area contributed by atoms with Crippen molar-refractivity contribution in [3.8, 4) is 5.88 Å². The third-order valence-corrected chi connectivity index (χ3v) is 2.90. The number of ether oxygens (including phenoxy) is 1. The average molecular weight is 278 g/mol. The number of halogens is 1. The molecule has 0 aliphatic carbocycles. The first kappa shape index (κ1) is 13.2. The van der Waals surface area contributed by atoms with E-state index in [2.05, 4.69) is 10.3 Å². The Hall–Kier alpha value is -2.27. The van der Waals surface area contributed by atoms with Crippen LogP contribution in [0.5, 0.6) is 5.88 Å². The predicted molar refractivity (Wildman–Crippen MR) is 74.6 cm³/mol. The lowest BCUT2D eigenvalue weighted by molar-refractivity contribution is 0.102. The van der Waals surface area contributed by atoms with Gasteiger partial charge in [-0.3, -0.25) is 4.79 Å². The van der Waals surface area contributed by atoms with Crippen molar-refractivity contribution in [2.24, 2.45) is 0 Å². The van der Waals surface area contributed by atoms with Gasteiger partial charge in [-0.25, -0.2) is 4.98 Å². The number of amides is 1. The molecule has 98 valence electrons. The van der Waals surface area contributed by atoms with Crippen molar-refractivity contribution in [1.82, 2.24) is 4.98 Å².